The highest BCUT2D eigenvalue weighted by atomic mass is 35.5. The number of imidazole rings is 1. The number of nitrogens with zero attached hydrogens (tertiary/aromatic N) is 1. The van der Waals surface area contributed by atoms with Gasteiger partial charge < -0.3 is 4.98 Å². The van der Waals surface area contributed by atoms with E-state index in [1.807, 2.05) is 25.1 Å². The van der Waals surface area contributed by atoms with Crippen LogP contribution in [0.25, 0.3) is 22.2 Å². The molecule has 84 valence electrons. The van der Waals surface area contributed by atoms with Crippen LogP contribution in [0.3, 0.4) is 0 Å². The summed E-state index contributed by atoms with van der Waals surface area (Å²) in [5.74, 6) is 0. The average molecular weight is 243 g/mol. The number of aromatic amines is 1. The summed E-state index contributed by atoms with van der Waals surface area (Å²) in [5, 5.41) is 0.802. The number of aromatic nitrogens is 2. The van der Waals surface area contributed by atoms with E-state index in [0.29, 0.717) is 0 Å². The Kier molecular flexibility index (Phi) is 2.37. The third kappa shape index (κ3) is 1.81. The molecule has 0 saturated heterocycles. The van der Waals surface area contributed by atoms with E-state index < -0.39 is 0 Å². The molecule has 0 fully saturated rings. The molecule has 1 aromatic heterocycles. The Morgan fingerprint density at radius 3 is 2.65 bits per heavy atom. The lowest BCUT2D eigenvalue weighted by molar-refractivity contribution is 1.34. The molecule has 0 aliphatic rings. The normalized spacial score (nSPS) is 10.9. The molecule has 3 rings (SSSR count). The quantitative estimate of drug-likeness (QED) is 0.681. The zero-order chi connectivity index (χ0) is 11.8. The summed E-state index contributed by atoms with van der Waals surface area (Å²) in [5.41, 5.74) is 5.47. The molecule has 0 aliphatic carbocycles. The van der Waals surface area contributed by atoms with Crippen LogP contribution in [-0.4, -0.2) is 9.97 Å². The van der Waals surface area contributed by atoms with Gasteiger partial charge in [-0.15, -0.1) is 0 Å². The molecule has 2 aromatic carbocycles. The molecule has 1 N–H and O–H groups in total. The number of nitrogens with one attached hydrogen (secondary N) is 1. The van der Waals surface area contributed by atoms with Crippen LogP contribution in [0.1, 0.15) is 5.56 Å². The van der Waals surface area contributed by atoms with E-state index in [2.05, 4.69) is 28.2 Å². The van der Waals surface area contributed by atoms with Gasteiger partial charge in [-0.3, -0.25) is 0 Å². The van der Waals surface area contributed by atoms with E-state index in [1.165, 1.54) is 11.1 Å². The van der Waals surface area contributed by atoms with Gasteiger partial charge in [-0.25, -0.2) is 4.98 Å². The monoisotopic (exact) mass is 242 g/mol. The minimum absolute atomic E-state index is 0.802. The zero-order valence-electron chi connectivity index (χ0n) is 9.37. The van der Waals surface area contributed by atoms with Gasteiger partial charge in [0.25, 0.3) is 0 Å². The van der Waals surface area contributed by atoms with Gasteiger partial charge in [0.2, 0.25) is 0 Å². The fourth-order valence-electron chi connectivity index (χ4n) is 1.94. The van der Waals surface area contributed by atoms with Crippen molar-refractivity contribution in [3.05, 3.63) is 53.3 Å². The van der Waals surface area contributed by atoms with Crippen molar-refractivity contribution in [2.24, 2.45) is 0 Å². The van der Waals surface area contributed by atoms with Crippen LogP contribution in [0, 0.1) is 6.92 Å². The second-order valence-corrected chi connectivity index (χ2v) is 4.51. The topological polar surface area (TPSA) is 28.7 Å². The molecule has 3 aromatic rings. The summed E-state index contributed by atoms with van der Waals surface area (Å²) in [6.45, 7) is 2.01. The SMILES string of the molecule is Cc1cc(-c2ccc3nc[nH]c3c2)ccc1Cl. The third-order valence-electron chi connectivity index (χ3n) is 2.91. The molecule has 1 heterocycles. The Morgan fingerprint density at radius 2 is 1.82 bits per heavy atom. The summed E-state index contributed by atoms with van der Waals surface area (Å²) in [6, 6.07) is 12.3. The molecule has 0 amide bonds. The van der Waals surface area contributed by atoms with E-state index in [4.69, 9.17) is 11.6 Å². The van der Waals surface area contributed by atoms with Crippen LogP contribution >= 0.6 is 11.6 Å². The van der Waals surface area contributed by atoms with Crippen LogP contribution in [0.5, 0.6) is 0 Å². The molecule has 0 bridgehead atoms. The average Bonchev–Trinajstić information content (AvgIpc) is 2.79. The second kappa shape index (κ2) is 3.90. The molecule has 0 aliphatic heterocycles. The van der Waals surface area contributed by atoms with Crippen molar-refractivity contribution in [1.29, 1.82) is 0 Å². The summed E-state index contributed by atoms with van der Waals surface area (Å²) in [7, 11) is 0. The highest BCUT2D eigenvalue weighted by Gasteiger charge is 2.03. The molecule has 2 nitrogen and oxygen atoms in total. The fraction of sp³-hybridized carbons (Fsp3) is 0.0714. The van der Waals surface area contributed by atoms with Gasteiger partial charge in [-0.2, -0.15) is 0 Å². The van der Waals surface area contributed by atoms with Gasteiger partial charge in [0, 0.05) is 5.02 Å². The van der Waals surface area contributed by atoms with E-state index in [-0.39, 0.29) is 0 Å². The van der Waals surface area contributed by atoms with Crippen LogP contribution in [0.2, 0.25) is 5.02 Å². The van der Waals surface area contributed by atoms with Crippen molar-refractivity contribution < 1.29 is 0 Å². The number of aryl methyl sites for hydroxylation is 1. The maximum Gasteiger partial charge on any atom is 0.0931 e. The molecule has 0 spiro atoms. The first-order valence-corrected chi connectivity index (χ1v) is 5.81. The van der Waals surface area contributed by atoms with Crippen LogP contribution in [-0.2, 0) is 0 Å². The molecule has 3 heteroatoms. The van der Waals surface area contributed by atoms with Crippen molar-refractivity contribution in [3.63, 3.8) is 0 Å². The van der Waals surface area contributed by atoms with Crippen molar-refractivity contribution in [2.75, 3.05) is 0 Å². The van der Waals surface area contributed by atoms with E-state index in [9.17, 15) is 0 Å². The van der Waals surface area contributed by atoms with Gasteiger partial charge in [0.1, 0.15) is 0 Å². The van der Waals surface area contributed by atoms with Crippen molar-refractivity contribution in [1.82, 2.24) is 9.97 Å². The van der Waals surface area contributed by atoms with Gasteiger partial charge >= 0.3 is 0 Å². The summed E-state index contributed by atoms with van der Waals surface area (Å²) < 4.78 is 0. The minimum Gasteiger partial charge on any atom is -0.345 e. The highest BCUT2D eigenvalue weighted by molar-refractivity contribution is 6.31. The first-order chi connectivity index (χ1) is 8.24. The molecule has 0 unspecified atom stereocenters. The number of hydrogen-bond donors (Lipinski definition) is 1. The lowest BCUT2D eigenvalue weighted by Crippen LogP contribution is -1.81. The fourth-order valence-corrected chi connectivity index (χ4v) is 2.06. The number of H-pyrrole nitrogens is 1. The number of fused-ring (bicyclic) bond motifs is 1. The first-order valence-electron chi connectivity index (χ1n) is 5.44. The molecule has 0 saturated carbocycles. The maximum atomic E-state index is 6.03. The number of halogens is 1. The summed E-state index contributed by atoms with van der Waals surface area (Å²) >= 11 is 6.03. The molecule has 17 heavy (non-hydrogen) atoms. The molecule has 0 atom stereocenters. The second-order valence-electron chi connectivity index (χ2n) is 4.10. The van der Waals surface area contributed by atoms with Gasteiger partial charge in [0.15, 0.2) is 0 Å². The predicted octanol–water partition coefficient (Wildman–Crippen LogP) is 4.19. The van der Waals surface area contributed by atoms with E-state index >= 15 is 0 Å². The minimum atomic E-state index is 0.802. The van der Waals surface area contributed by atoms with Crippen LogP contribution in [0.4, 0.5) is 0 Å². The Morgan fingerprint density at radius 1 is 1.06 bits per heavy atom. The number of benzene rings is 2. The Balaban J connectivity index is 2.16. The highest BCUT2D eigenvalue weighted by Crippen LogP contribution is 2.26. The van der Waals surface area contributed by atoms with Gasteiger partial charge in [-0.1, -0.05) is 23.7 Å². The maximum absolute atomic E-state index is 6.03. The first kappa shape index (κ1) is 10.4. The molecular formula is C14H11ClN2. The molecule has 0 radical (unpaired) electrons. The van der Waals surface area contributed by atoms with Gasteiger partial charge in [-0.05, 0) is 47.9 Å². The summed E-state index contributed by atoms with van der Waals surface area (Å²) in [6.07, 6.45) is 1.71. The Labute approximate surface area is 104 Å². The van der Waals surface area contributed by atoms with Gasteiger partial charge in [0.05, 0.1) is 17.4 Å². The smallest absolute Gasteiger partial charge is 0.0931 e. The molecular weight excluding hydrogens is 232 g/mol. The standard InChI is InChI=1S/C14H11ClN2/c1-9-6-10(2-4-12(9)15)11-3-5-13-14(7-11)17-8-16-13/h2-8H,1H3,(H,16,17). The summed E-state index contributed by atoms with van der Waals surface area (Å²) in [4.78, 5) is 7.33. The van der Waals surface area contributed by atoms with Crippen molar-refractivity contribution in [2.45, 2.75) is 6.92 Å². The Bertz CT molecular complexity index is 686. The number of rotatable bonds is 1. The van der Waals surface area contributed by atoms with E-state index in [0.717, 1.165) is 21.6 Å². The zero-order valence-corrected chi connectivity index (χ0v) is 10.1. The number of hydrogen-bond acceptors (Lipinski definition) is 1. The van der Waals surface area contributed by atoms with Crippen molar-refractivity contribution >= 4 is 22.6 Å². The Hall–Kier alpha value is -1.80. The van der Waals surface area contributed by atoms with Crippen LogP contribution in [0.15, 0.2) is 42.7 Å². The third-order valence-corrected chi connectivity index (χ3v) is 3.34. The predicted molar refractivity (Wildman–Crippen MR) is 71.3 cm³/mol. The van der Waals surface area contributed by atoms with Crippen molar-refractivity contribution in [3.8, 4) is 11.1 Å². The largest absolute Gasteiger partial charge is 0.345 e. The lowest BCUT2D eigenvalue weighted by atomic mass is 10.0. The lowest BCUT2D eigenvalue weighted by Gasteiger charge is -2.04. The van der Waals surface area contributed by atoms with Crippen LogP contribution < -0.4 is 0 Å². The van der Waals surface area contributed by atoms with E-state index in [1.54, 1.807) is 6.33 Å².